The smallest absolute Gasteiger partial charge is 0.323 e. The Hall–Kier alpha value is -5.62. The quantitative estimate of drug-likeness (QED) is 0.207. The molecule has 3 aromatic carbocycles. The lowest BCUT2D eigenvalue weighted by Gasteiger charge is -2.29. The largest absolute Gasteiger partial charge is 0.481 e. The van der Waals surface area contributed by atoms with Gasteiger partial charge in [-0.1, -0.05) is 6.07 Å². The zero-order valence-corrected chi connectivity index (χ0v) is 24.6. The highest BCUT2D eigenvalue weighted by atomic mass is 19.1. The summed E-state index contributed by atoms with van der Waals surface area (Å²) in [6.45, 7) is 3.95. The predicted octanol–water partition coefficient (Wildman–Crippen LogP) is 5.95. The van der Waals surface area contributed by atoms with Crippen LogP contribution in [0.1, 0.15) is 6.92 Å². The van der Waals surface area contributed by atoms with Crippen LogP contribution in [0.4, 0.5) is 32.1 Å². The van der Waals surface area contributed by atoms with E-state index in [9.17, 15) is 14.0 Å². The summed E-state index contributed by atoms with van der Waals surface area (Å²) in [6, 6.07) is 20.5. The number of rotatable bonds is 7. The number of pyridine rings is 1. The summed E-state index contributed by atoms with van der Waals surface area (Å²) in [7, 11) is 1.58. The van der Waals surface area contributed by atoms with Gasteiger partial charge in [0.25, 0.3) is 0 Å². The van der Waals surface area contributed by atoms with Crippen LogP contribution in [-0.4, -0.2) is 60.3 Å². The van der Waals surface area contributed by atoms with Crippen molar-refractivity contribution in [1.82, 2.24) is 15.0 Å². The third-order valence-electron chi connectivity index (χ3n) is 7.20. The minimum absolute atomic E-state index is 0.0331. The number of fused-ring (bicyclic) bond motifs is 1. The van der Waals surface area contributed by atoms with E-state index in [0.29, 0.717) is 43.7 Å². The lowest BCUT2D eigenvalue weighted by molar-refractivity contribution is -0.114. The van der Waals surface area contributed by atoms with Gasteiger partial charge in [0.1, 0.15) is 11.6 Å². The van der Waals surface area contributed by atoms with Gasteiger partial charge in [-0.3, -0.25) is 4.79 Å². The highest BCUT2D eigenvalue weighted by Gasteiger charge is 2.19. The Balaban J connectivity index is 1.25. The topological polar surface area (TPSA) is 131 Å². The Morgan fingerprint density at radius 3 is 2.24 bits per heavy atom. The molecule has 5 aromatic rings. The lowest BCUT2D eigenvalue weighted by Crippen LogP contribution is -2.37. The van der Waals surface area contributed by atoms with Crippen LogP contribution in [-0.2, 0) is 9.53 Å². The van der Waals surface area contributed by atoms with Gasteiger partial charge in [0.15, 0.2) is 5.82 Å². The fourth-order valence-corrected chi connectivity index (χ4v) is 4.99. The van der Waals surface area contributed by atoms with Crippen molar-refractivity contribution >= 4 is 45.7 Å². The fourth-order valence-electron chi connectivity index (χ4n) is 4.99. The number of anilines is 4. The number of hydrogen-bond acceptors (Lipinski definition) is 8. The van der Waals surface area contributed by atoms with E-state index in [-0.39, 0.29) is 11.4 Å². The molecule has 1 saturated heterocycles. The molecular formula is C33H30FN7O4. The standard InChI is InChI=1S/C33H30FN7O4/c1-20(42)36-28-11-9-25(18-27(28)34)38-33(43)37-24-7-3-21(4-8-24)31-39-29-17-22(23-6-12-30(44-2)35-19-23)5-10-26(29)32(40-31)41-13-15-45-16-14-41/h3-12,17-19H,13-16H2,1-2H3,(H,36,42)(H2,37,38,43). The summed E-state index contributed by atoms with van der Waals surface area (Å²) in [4.78, 5) is 40.2. The molecule has 0 radical (unpaired) electrons. The minimum atomic E-state index is -0.660. The second-order valence-corrected chi connectivity index (χ2v) is 10.3. The monoisotopic (exact) mass is 607 g/mol. The molecule has 3 amide bonds. The number of hydrogen-bond donors (Lipinski definition) is 3. The van der Waals surface area contributed by atoms with Crippen molar-refractivity contribution in [3.8, 4) is 28.4 Å². The number of aromatic nitrogens is 3. The van der Waals surface area contributed by atoms with E-state index >= 15 is 0 Å². The van der Waals surface area contributed by atoms with E-state index in [2.05, 4.69) is 25.8 Å². The number of nitrogens with one attached hydrogen (secondary N) is 3. The number of carbonyl (C=O) groups excluding carboxylic acids is 2. The summed E-state index contributed by atoms with van der Waals surface area (Å²) >= 11 is 0. The molecule has 0 bridgehead atoms. The summed E-state index contributed by atoms with van der Waals surface area (Å²) in [5, 5.41) is 8.66. The van der Waals surface area contributed by atoms with Crippen LogP contribution < -0.4 is 25.6 Å². The summed E-state index contributed by atoms with van der Waals surface area (Å²) in [6.07, 6.45) is 1.77. The molecule has 0 spiro atoms. The van der Waals surface area contributed by atoms with Crippen LogP contribution in [0.2, 0.25) is 0 Å². The molecule has 228 valence electrons. The van der Waals surface area contributed by atoms with E-state index in [0.717, 1.165) is 39.5 Å². The number of ether oxygens (including phenoxy) is 2. The van der Waals surface area contributed by atoms with Crippen molar-refractivity contribution < 1.29 is 23.5 Å². The van der Waals surface area contributed by atoms with Crippen LogP contribution in [0.15, 0.2) is 79.0 Å². The molecule has 6 rings (SSSR count). The van der Waals surface area contributed by atoms with Gasteiger partial charge in [0.2, 0.25) is 11.8 Å². The molecular weight excluding hydrogens is 577 g/mol. The van der Waals surface area contributed by atoms with Gasteiger partial charge in [0, 0.05) is 60.2 Å². The average molecular weight is 608 g/mol. The third kappa shape index (κ3) is 6.81. The molecule has 2 aromatic heterocycles. The van der Waals surface area contributed by atoms with Gasteiger partial charge in [-0.05, 0) is 66.2 Å². The number of amides is 3. The van der Waals surface area contributed by atoms with E-state index in [1.54, 1.807) is 25.4 Å². The summed E-state index contributed by atoms with van der Waals surface area (Å²) in [5.41, 5.74) is 4.25. The maximum atomic E-state index is 14.3. The Morgan fingerprint density at radius 2 is 1.56 bits per heavy atom. The van der Waals surface area contributed by atoms with Crippen molar-refractivity contribution in [2.75, 3.05) is 54.3 Å². The maximum absolute atomic E-state index is 14.3. The number of methoxy groups -OCH3 is 1. The molecule has 1 fully saturated rings. The van der Waals surface area contributed by atoms with Crippen LogP contribution in [0.25, 0.3) is 33.4 Å². The fraction of sp³-hybridized carbons (Fsp3) is 0.182. The van der Waals surface area contributed by atoms with Gasteiger partial charge in [0.05, 0.1) is 31.5 Å². The first-order chi connectivity index (χ1) is 21.9. The molecule has 1 aliphatic heterocycles. The van der Waals surface area contributed by atoms with E-state index in [4.69, 9.17) is 19.4 Å². The van der Waals surface area contributed by atoms with Crippen LogP contribution in [0.3, 0.4) is 0 Å². The zero-order valence-electron chi connectivity index (χ0n) is 24.6. The van der Waals surface area contributed by atoms with Gasteiger partial charge in [-0.25, -0.2) is 24.1 Å². The normalized spacial score (nSPS) is 12.9. The molecule has 45 heavy (non-hydrogen) atoms. The molecule has 0 aliphatic carbocycles. The van der Waals surface area contributed by atoms with Crippen molar-refractivity contribution in [1.29, 1.82) is 0 Å². The number of morpholine rings is 1. The second-order valence-electron chi connectivity index (χ2n) is 10.3. The van der Waals surface area contributed by atoms with Gasteiger partial charge < -0.3 is 30.3 Å². The highest BCUT2D eigenvalue weighted by molar-refractivity contribution is 6.00. The van der Waals surface area contributed by atoms with E-state index in [1.807, 2.05) is 42.5 Å². The van der Waals surface area contributed by atoms with Crippen LogP contribution in [0, 0.1) is 5.82 Å². The number of benzene rings is 3. The van der Waals surface area contributed by atoms with Crippen molar-refractivity contribution in [3.63, 3.8) is 0 Å². The van der Waals surface area contributed by atoms with Crippen molar-refractivity contribution in [3.05, 3.63) is 84.8 Å². The Labute approximate surface area is 258 Å². The van der Waals surface area contributed by atoms with Crippen molar-refractivity contribution in [2.45, 2.75) is 6.92 Å². The SMILES string of the molecule is COc1ccc(-c2ccc3c(N4CCOCC4)nc(-c4ccc(NC(=O)Nc5ccc(NC(C)=O)c(F)c5)cc4)nc3c2)cn1. The third-order valence-corrected chi connectivity index (χ3v) is 7.20. The second kappa shape index (κ2) is 12.9. The molecule has 1 aliphatic rings. The predicted molar refractivity (Wildman–Crippen MR) is 171 cm³/mol. The molecule has 11 nitrogen and oxygen atoms in total. The average Bonchev–Trinajstić information content (AvgIpc) is 3.06. The number of halogens is 1. The summed E-state index contributed by atoms with van der Waals surface area (Å²) < 4.78 is 25.0. The zero-order chi connectivity index (χ0) is 31.3. The molecule has 0 saturated carbocycles. The number of nitrogens with zero attached hydrogens (tertiary/aromatic N) is 4. The maximum Gasteiger partial charge on any atom is 0.323 e. The summed E-state index contributed by atoms with van der Waals surface area (Å²) in [5.74, 6) is 0.862. The van der Waals surface area contributed by atoms with E-state index in [1.165, 1.54) is 19.1 Å². The molecule has 3 N–H and O–H groups in total. The first-order valence-electron chi connectivity index (χ1n) is 14.3. The van der Waals surface area contributed by atoms with Crippen LogP contribution >= 0.6 is 0 Å². The molecule has 0 unspecified atom stereocenters. The Kier molecular flexibility index (Phi) is 8.47. The molecule has 12 heteroatoms. The Bertz CT molecular complexity index is 1860. The lowest BCUT2D eigenvalue weighted by atomic mass is 10.0. The minimum Gasteiger partial charge on any atom is -0.481 e. The van der Waals surface area contributed by atoms with Gasteiger partial charge in [-0.2, -0.15) is 0 Å². The first-order valence-corrected chi connectivity index (χ1v) is 14.3. The first kappa shape index (κ1) is 29.5. The van der Waals surface area contributed by atoms with Gasteiger partial charge >= 0.3 is 6.03 Å². The molecule has 0 atom stereocenters. The molecule has 3 heterocycles. The number of urea groups is 1. The highest BCUT2D eigenvalue weighted by Crippen LogP contribution is 2.32. The van der Waals surface area contributed by atoms with Crippen molar-refractivity contribution in [2.24, 2.45) is 0 Å². The van der Waals surface area contributed by atoms with E-state index < -0.39 is 17.8 Å². The van der Waals surface area contributed by atoms with Gasteiger partial charge in [-0.15, -0.1) is 0 Å². The number of carbonyl (C=O) groups is 2. The van der Waals surface area contributed by atoms with Crippen LogP contribution in [0.5, 0.6) is 5.88 Å². The Morgan fingerprint density at radius 1 is 0.844 bits per heavy atom.